The Kier molecular flexibility index (Phi) is 5.49. The summed E-state index contributed by atoms with van der Waals surface area (Å²) >= 11 is 5.78. The summed E-state index contributed by atoms with van der Waals surface area (Å²) in [6, 6.07) is 6.98. The fourth-order valence-corrected chi connectivity index (χ4v) is 1.39. The number of hydrogen-bond acceptors (Lipinski definition) is 2. The van der Waals surface area contributed by atoms with Crippen molar-refractivity contribution in [3.05, 3.63) is 29.3 Å². The Bertz CT molecular complexity index is 323. The van der Waals surface area contributed by atoms with E-state index in [1.165, 1.54) is 0 Å². The van der Waals surface area contributed by atoms with E-state index in [1.54, 1.807) is 31.2 Å². The van der Waals surface area contributed by atoms with E-state index in [4.69, 9.17) is 16.3 Å². The van der Waals surface area contributed by atoms with Crippen molar-refractivity contribution in [3.8, 4) is 5.75 Å². The van der Waals surface area contributed by atoms with E-state index in [0.717, 1.165) is 0 Å². The van der Waals surface area contributed by atoms with Gasteiger partial charge < -0.3 is 10.1 Å². The Morgan fingerprint density at radius 3 is 2.75 bits per heavy atom. The van der Waals surface area contributed by atoms with Gasteiger partial charge in [0.2, 0.25) is 0 Å². The molecule has 90 valence electrons. The summed E-state index contributed by atoms with van der Waals surface area (Å²) in [5.41, 5.74) is 0. The molecule has 0 aliphatic heterocycles. The van der Waals surface area contributed by atoms with Crippen LogP contribution in [0, 0.1) is 0 Å². The lowest BCUT2D eigenvalue weighted by molar-refractivity contribution is 0.137. The van der Waals surface area contributed by atoms with Crippen LogP contribution in [0.3, 0.4) is 0 Å². The highest BCUT2D eigenvalue weighted by atomic mass is 35.5. The maximum atomic E-state index is 11.8. The molecule has 1 rings (SSSR count). The minimum Gasteiger partial charge on any atom is -0.489 e. The second-order valence-corrected chi connectivity index (χ2v) is 3.87. The number of hydrogen-bond donors (Lipinski definition) is 1. The van der Waals surface area contributed by atoms with Gasteiger partial charge in [-0.15, -0.1) is 0 Å². The third kappa shape index (κ3) is 5.28. The molecule has 5 heteroatoms. The van der Waals surface area contributed by atoms with Crippen LogP contribution in [-0.4, -0.2) is 25.6 Å². The quantitative estimate of drug-likeness (QED) is 0.837. The second-order valence-electron chi connectivity index (χ2n) is 3.44. The molecule has 0 fully saturated rings. The summed E-state index contributed by atoms with van der Waals surface area (Å²) in [7, 11) is 0. The monoisotopic (exact) mass is 249 g/mol. The van der Waals surface area contributed by atoms with Crippen LogP contribution in [0.1, 0.15) is 6.92 Å². The van der Waals surface area contributed by atoms with Crippen LogP contribution in [0.4, 0.5) is 8.78 Å². The molecule has 0 amide bonds. The molecule has 16 heavy (non-hydrogen) atoms. The second kappa shape index (κ2) is 6.66. The largest absolute Gasteiger partial charge is 0.489 e. The number of halogens is 3. The lowest BCUT2D eigenvalue weighted by Crippen LogP contribution is -2.32. The molecule has 0 saturated heterocycles. The Hall–Kier alpha value is -0.870. The predicted molar refractivity (Wildman–Crippen MR) is 60.4 cm³/mol. The molecule has 2 nitrogen and oxygen atoms in total. The van der Waals surface area contributed by atoms with Crippen molar-refractivity contribution in [2.45, 2.75) is 19.5 Å². The highest BCUT2D eigenvalue weighted by Crippen LogP contribution is 2.18. The molecule has 0 bridgehead atoms. The van der Waals surface area contributed by atoms with Crippen LogP contribution < -0.4 is 10.1 Å². The summed E-state index contributed by atoms with van der Waals surface area (Å²) in [6.07, 6.45) is -2.52. The third-order valence-electron chi connectivity index (χ3n) is 1.86. The summed E-state index contributed by atoms with van der Waals surface area (Å²) in [4.78, 5) is 0. The Morgan fingerprint density at radius 1 is 1.38 bits per heavy atom. The molecule has 0 spiro atoms. The van der Waals surface area contributed by atoms with Gasteiger partial charge in [-0.2, -0.15) is 0 Å². The molecule has 0 aliphatic rings. The molecule has 1 aromatic rings. The van der Waals surface area contributed by atoms with Crippen molar-refractivity contribution in [1.82, 2.24) is 5.32 Å². The fraction of sp³-hybridized carbons (Fsp3) is 0.455. The molecule has 1 N–H and O–H groups in total. The maximum Gasteiger partial charge on any atom is 0.250 e. The van der Waals surface area contributed by atoms with Crippen LogP contribution in [0.15, 0.2) is 24.3 Å². The van der Waals surface area contributed by atoms with Gasteiger partial charge in [-0.25, -0.2) is 8.78 Å². The van der Waals surface area contributed by atoms with E-state index in [0.29, 0.717) is 17.3 Å². The summed E-state index contributed by atoms with van der Waals surface area (Å²) < 4.78 is 29.2. The number of alkyl halides is 2. The van der Waals surface area contributed by atoms with Gasteiger partial charge in [-0.3, -0.25) is 0 Å². The molecule has 0 aromatic heterocycles. The van der Waals surface area contributed by atoms with E-state index in [2.05, 4.69) is 5.32 Å². The first-order chi connectivity index (χ1) is 7.58. The van der Waals surface area contributed by atoms with Crippen LogP contribution >= 0.6 is 11.6 Å². The van der Waals surface area contributed by atoms with Gasteiger partial charge in [-0.05, 0) is 25.1 Å². The first-order valence-corrected chi connectivity index (χ1v) is 5.37. The number of ether oxygens (including phenoxy) is 1. The SMILES string of the molecule is CC(CNCC(F)F)Oc1cccc(Cl)c1. The zero-order valence-corrected chi connectivity index (χ0v) is 9.68. The van der Waals surface area contributed by atoms with E-state index in [-0.39, 0.29) is 12.6 Å². The molecule has 0 saturated carbocycles. The van der Waals surface area contributed by atoms with Crippen molar-refractivity contribution in [3.63, 3.8) is 0 Å². The van der Waals surface area contributed by atoms with Crippen molar-refractivity contribution >= 4 is 11.6 Å². The average molecular weight is 250 g/mol. The van der Waals surface area contributed by atoms with Crippen molar-refractivity contribution in [2.75, 3.05) is 13.1 Å². The Balaban J connectivity index is 2.31. The molecule has 1 atom stereocenters. The maximum absolute atomic E-state index is 11.8. The molecule has 1 aromatic carbocycles. The van der Waals surface area contributed by atoms with Gasteiger partial charge in [-0.1, -0.05) is 17.7 Å². The first-order valence-electron chi connectivity index (χ1n) is 4.99. The lowest BCUT2D eigenvalue weighted by Gasteiger charge is -2.15. The van der Waals surface area contributed by atoms with Crippen LogP contribution in [0.5, 0.6) is 5.75 Å². The fourth-order valence-electron chi connectivity index (χ4n) is 1.21. The minimum atomic E-state index is -2.33. The smallest absolute Gasteiger partial charge is 0.250 e. The minimum absolute atomic E-state index is 0.183. The standard InChI is InChI=1S/C11H14ClF2NO/c1-8(6-15-7-11(13)14)16-10-4-2-3-9(12)5-10/h2-5,8,11,15H,6-7H2,1H3. The number of benzene rings is 1. The van der Waals surface area contributed by atoms with E-state index < -0.39 is 6.43 Å². The summed E-state index contributed by atoms with van der Waals surface area (Å²) in [5.74, 6) is 0.638. The molecular weight excluding hydrogens is 236 g/mol. The predicted octanol–water partition coefficient (Wildman–Crippen LogP) is 2.96. The topological polar surface area (TPSA) is 21.3 Å². The van der Waals surface area contributed by atoms with Gasteiger partial charge in [0.1, 0.15) is 11.9 Å². The number of nitrogens with one attached hydrogen (secondary N) is 1. The van der Waals surface area contributed by atoms with Gasteiger partial charge in [0.15, 0.2) is 0 Å². The van der Waals surface area contributed by atoms with Gasteiger partial charge in [0.05, 0.1) is 6.54 Å². The van der Waals surface area contributed by atoms with Gasteiger partial charge in [0, 0.05) is 11.6 Å². The van der Waals surface area contributed by atoms with Crippen molar-refractivity contribution in [2.24, 2.45) is 0 Å². The van der Waals surface area contributed by atoms with Gasteiger partial charge in [0.25, 0.3) is 6.43 Å². The molecular formula is C11H14ClF2NO. The first kappa shape index (κ1) is 13.2. The Labute approximate surface area is 98.6 Å². The Morgan fingerprint density at radius 2 is 2.12 bits per heavy atom. The normalized spacial score (nSPS) is 12.8. The zero-order valence-electron chi connectivity index (χ0n) is 8.92. The zero-order chi connectivity index (χ0) is 12.0. The molecule has 0 heterocycles. The van der Waals surface area contributed by atoms with E-state index in [1.807, 2.05) is 0 Å². The van der Waals surface area contributed by atoms with Crippen LogP contribution in [0.25, 0.3) is 0 Å². The highest BCUT2D eigenvalue weighted by Gasteiger charge is 2.06. The average Bonchev–Trinajstić information content (AvgIpc) is 2.16. The molecule has 1 unspecified atom stereocenters. The van der Waals surface area contributed by atoms with Gasteiger partial charge >= 0.3 is 0 Å². The summed E-state index contributed by atoms with van der Waals surface area (Å²) in [6.45, 7) is 1.86. The van der Waals surface area contributed by atoms with E-state index in [9.17, 15) is 8.78 Å². The van der Waals surface area contributed by atoms with E-state index >= 15 is 0 Å². The molecule has 0 aliphatic carbocycles. The molecule has 0 radical (unpaired) electrons. The highest BCUT2D eigenvalue weighted by molar-refractivity contribution is 6.30. The number of rotatable bonds is 6. The lowest BCUT2D eigenvalue weighted by atomic mass is 10.3. The third-order valence-corrected chi connectivity index (χ3v) is 2.10. The van der Waals surface area contributed by atoms with Crippen molar-refractivity contribution in [1.29, 1.82) is 0 Å². The van der Waals surface area contributed by atoms with Crippen molar-refractivity contribution < 1.29 is 13.5 Å². The van der Waals surface area contributed by atoms with Crippen LogP contribution in [-0.2, 0) is 0 Å². The van der Waals surface area contributed by atoms with Crippen LogP contribution in [0.2, 0.25) is 5.02 Å². The summed E-state index contributed by atoms with van der Waals surface area (Å²) in [5, 5.41) is 3.20.